The van der Waals surface area contributed by atoms with Crippen LogP contribution in [0.4, 0.5) is 4.79 Å². The number of hydrogen-bond acceptors (Lipinski definition) is 4. The summed E-state index contributed by atoms with van der Waals surface area (Å²) in [6.45, 7) is 5.90. The van der Waals surface area contributed by atoms with E-state index in [4.69, 9.17) is 16.3 Å². The first-order valence-corrected chi connectivity index (χ1v) is 7.62. The molecule has 7 heteroatoms. The molecule has 2 N–H and O–H groups in total. The van der Waals surface area contributed by atoms with E-state index in [1.54, 1.807) is 20.8 Å². The summed E-state index contributed by atoms with van der Waals surface area (Å²) in [6.07, 6.45) is 1.02. The minimum absolute atomic E-state index is 0.00402. The van der Waals surface area contributed by atoms with Crippen molar-refractivity contribution in [2.24, 2.45) is 5.92 Å². The number of amides is 2. The first-order chi connectivity index (χ1) is 9.73. The third-order valence-electron chi connectivity index (χ3n) is 3.18. The van der Waals surface area contributed by atoms with Gasteiger partial charge >= 0.3 is 6.09 Å². The van der Waals surface area contributed by atoms with Gasteiger partial charge in [-0.15, -0.1) is 11.6 Å². The molecule has 120 valence electrons. The van der Waals surface area contributed by atoms with Gasteiger partial charge in [0, 0.05) is 12.5 Å². The largest absolute Gasteiger partial charge is 0.444 e. The maximum Gasteiger partial charge on any atom is 0.408 e. The van der Waals surface area contributed by atoms with Crippen molar-refractivity contribution in [1.82, 2.24) is 10.6 Å². The van der Waals surface area contributed by atoms with Crippen LogP contribution in [0.15, 0.2) is 0 Å². The lowest BCUT2D eigenvalue weighted by Gasteiger charge is -2.23. The zero-order valence-electron chi connectivity index (χ0n) is 12.7. The average Bonchev–Trinajstić information content (AvgIpc) is 2.77. The molecule has 0 radical (unpaired) electrons. The van der Waals surface area contributed by atoms with Crippen molar-refractivity contribution in [3.8, 4) is 0 Å². The van der Waals surface area contributed by atoms with Gasteiger partial charge in [0.15, 0.2) is 5.78 Å². The number of alkyl halides is 1. The van der Waals surface area contributed by atoms with Gasteiger partial charge in [-0.25, -0.2) is 4.79 Å². The number of Topliss-reactive ketones (excluding diaryl/α,β-unsaturated/α-hetero) is 1. The highest BCUT2D eigenvalue weighted by atomic mass is 35.5. The smallest absolute Gasteiger partial charge is 0.408 e. The van der Waals surface area contributed by atoms with E-state index in [-0.39, 0.29) is 23.5 Å². The number of carbonyl (C=O) groups excluding carboxylic acids is 3. The predicted octanol–water partition coefficient (Wildman–Crippen LogP) is 1.60. The van der Waals surface area contributed by atoms with Crippen LogP contribution in [0.2, 0.25) is 0 Å². The van der Waals surface area contributed by atoms with E-state index >= 15 is 0 Å². The molecule has 1 aliphatic heterocycles. The first-order valence-electron chi connectivity index (χ1n) is 7.09. The zero-order valence-corrected chi connectivity index (χ0v) is 13.5. The van der Waals surface area contributed by atoms with Crippen molar-refractivity contribution >= 4 is 29.4 Å². The van der Waals surface area contributed by atoms with Gasteiger partial charge in [-0.05, 0) is 40.0 Å². The van der Waals surface area contributed by atoms with Crippen LogP contribution >= 0.6 is 11.6 Å². The molecule has 0 saturated carbocycles. The number of rotatable bonds is 6. The number of ketones is 1. The summed E-state index contributed by atoms with van der Waals surface area (Å²) in [6, 6.07) is -0.717. The van der Waals surface area contributed by atoms with Crippen molar-refractivity contribution in [2.45, 2.75) is 51.7 Å². The lowest BCUT2D eigenvalue weighted by Crippen LogP contribution is -2.44. The molecule has 0 bridgehead atoms. The number of hydrogen-bond donors (Lipinski definition) is 2. The van der Waals surface area contributed by atoms with Gasteiger partial charge in [0.2, 0.25) is 5.91 Å². The Morgan fingerprint density at radius 3 is 2.62 bits per heavy atom. The molecular weight excluding hydrogens is 296 g/mol. The Bertz CT molecular complexity index is 406. The van der Waals surface area contributed by atoms with Crippen LogP contribution < -0.4 is 10.6 Å². The first kappa shape index (κ1) is 17.8. The Hall–Kier alpha value is -1.30. The molecule has 6 nitrogen and oxygen atoms in total. The fourth-order valence-corrected chi connectivity index (χ4v) is 2.33. The minimum atomic E-state index is -0.717. The van der Waals surface area contributed by atoms with Gasteiger partial charge in [-0.3, -0.25) is 9.59 Å². The Morgan fingerprint density at radius 2 is 2.14 bits per heavy atom. The summed E-state index contributed by atoms with van der Waals surface area (Å²) in [7, 11) is 0. The molecular formula is C14H23ClN2O4. The molecule has 1 fully saturated rings. The van der Waals surface area contributed by atoms with Gasteiger partial charge in [0.05, 0.1) is 11.9 Å². The standard InChI is InChI=1S/C14H23ClN2O4/c1-14(2,3)21-13(20)17-10(11(18)8-15)5-4-9-6-7-16-12(9)19/h9-10H,4-8H2,1-3H3,(H,16,19)(H,17,20)/t9-,10+/m1/s1. The molecule has 21 heavy (non-hydrogen) atoms. The van der Waals surface area contributed by atoms with Gasteiger partial charge in [0.25, 0.3) is 0 Å². The van der Waals surface area contributed by atoms with Crippen molar-refractivity contribution in [3.63, 3.8) is 0 Å². The maximum atomic E-state index is 11.8. The van der Waals surface area contributed by atoms with E-state index in [2.05, 4.69) is 10.6 Å². The van der Waals surface area contributed by atoms with Crippen LogP contribution in [0.1, 0.15) is 40.0 Å². The predicted molar refractivity (Wildman–Crippen MR) is 79.2 cm³/mol. The molecule has 0 aromatic heterocycles. The lowest BCUT2D eigenvalue weighted by atomic mass is 9.97. The fourth-order valence-electron chi connectivity index (χ4n) is 2.14. The van der Waals surface area contributed by atoms with Crippen molar-refractivity contribution < 1.29 is 19.1 Å². The molecule has 0 aromatic rings. The van der Waals surface area contributed by atoms with E-state index in [1.165, 1.54) is 0 Å². The molecule has 2 atom stereocenters. The summed E-state index contributed by atoms with van der Waals surface area (Å²) in [4.78, 5) is 35.0. The van der Waals surface area contributed by atoms with Gasteiger partial charge in [-0.1, -0.05) is 0 Å². The Kier molecular flexibility index (Phi) is 6.45. The lowest BCUT2D eigenvalue weighted by molar-refractivity contribution is -0.123. The SMILES string of the molecule is CC(C)(C)OC(=O)N[C@@H](CC[C@@H]1CCNC1=O)C(=O)CCl. The molecule has 0 unspecified atom stereocenters. The average molecular weight is 319 g/mol. The Balaban J connectivity index is 2.53. The Morgan fingerprint density at radius 1 is 1.48 bits per heavy atom. The van der Waals surface area contributed by atoms with E-state index < -0.39 is 17.7 Å². The number of halogens is 1. The van der Waals surface area contributed by atoms with Gasteiger partial charge < -0.3 is 15.4 Å². The number of ether oxygens (including phenoxy) is 1. The van der Waals surface area contributed by atoms with Gasteiger partial charge in [-0.2, -0.15) is 0 Å². The number of carbonyl (C=O) groups is 3. The van der Waals surface area contributed by atoms with E-state index in [1.807, 2.05) is 0 Å². The molecule has 2 amide bonds. The number of nitrogens with one attached hydrogen (secondary N) is 2. The highest BCUT2D eigenvalue weighted by Gasteiger charge is 2.28. The highest BCUT2D eigenvalue weighted by Crippen LogP contribution is 2.18. The maximum absolute atomic E-state index is 11.8. The normalized spacial score (nSPS) is 19.8. The van der Waals surface area contributed by atoms with Crippen LogP contribution in [-0.2, 0) is 14.3 Å². The second kappa shape index (κ2) is 7.64. The quantitative estimate of drug-likeness (QED) is 0.729. The van der Waals surface area contributed by atoms with E-state index in [9.17, 15) is 14.4 Å². The van der Waals surface area contributed by atoms with Crippen molar-refractivity contribution in [3.05, 3.63) is 0 Å². The highest BCUT2D eigenvalue weighted by molar-refractivity contribution is 6.28. The van der Waals surface area contributed by atoms with Crippen LogP contribution in [0.25, 0.3) is 0 Å². The monoisotopic (exact) mass is 318 g/mol. The summed E-state index contributed by atoms with van der Waals surface area (Å²) in [5, 5.41) is 5.28. The molecule has 1 aliphatic rings. The molecule has 1 heterocycles. The van der Waals surface area contributed by atoms with Crippen LogP contribution in [-0.4, -0.2) is 41.9 Å². The summed E-state index contributed by atoms with van der Waals surface area (Å²) < 4.78 is 5.13. The van der Waals surface area contributed by atoms with E-state index in [0.29, 0.717) is 19.4 Å². The van der Waals surface area contributed by atoms with E-state index in [0.717, 1.165) is 6.42 Å². The summed E-state index contributed by atoms with van der Waals surface area (Å²) in [5.74, 6) is -0.557. The number of alkyl carbamates (subject to hydrolysis) is 1. The molecule has 0 aliphatic carbocycles. The molecule has 0 aromatic carbocycles. The third kappa shape index (κ3) is 6.33. The zero-order chi connectivity index (χ0) is 16.0. The topological polar surface area (TPSA) is 84.5 Å². The fraction of sp³-hybridized carbons (Fsp3) is 0.786. The Labute approximate surface area is 129 Å². The van der Waals surface area contributed by atoms with Crippen molar-refractivity contribution in [1.29, 1.82) is 0 Å². The molecule has 1 rings (SSSR count). The van der Waals surface area contributed by atoms with Crippen LogP contribution in [0.5, 0.6) is 0 Å². The van der Waals surface area contributed by atoms with Crippen LogP contribution in [0, 0.1) is 5.92 Å². The second-order valence-electron chi connectivity index (χ2n) is 6.15. The third-order valence-corrected chi connectivity index (χ3v) is 3.44. The summed E-state index contributed by atoms with van der Waals surface area (Å²) >= 11 is 5.57. The minimum Gasteiger partial charge on any atom is -0.444 e. The summed E-state index contributed by atoms with van der Waals surface area (Å²) in [5.41, 5.74) is -0.635. The van der Waals surface area contributed by atoms with Crippen molar-refractivity contribution in [2.75, 3.05) is 12.4 Å². The second-order valence-corrected chi connectivity index (χ2v) is 6.42. The van der Waals surface area contributed by atoms with Gasteiger partial charge in [0.1, 0.15) is 5.60 Å². The molecule has 1 saturated heterocycles. The van der Waals surface area contributed by atoms with Crippen LogP contribution in [0.3, 0.4) is 0 Å². The molecule has 0 spiro atoms.